The van der Waals surface area contributed by atoms with Gasteiger partial charge in [-0.1, -0.05) is 17.7 Å². The van der Waals surface area contributed by atoms with Crippen LogP contribution in [-0.2, 0) is 14.3 Å². The van der Waals surface area contributed by atoms with Crippen molar-refractivity contribution in [1.82, 2.24) is 9.80 Å². The van der Waals surface area contributed by atoms with Gasteiger partial charge < -0.3 is 14.5 Å². The Morgan fingerprint density at radius 3 is 2.59 bits per heavy atom. The van der Waals surface area contributed by atoms with E-state index in [-0.39, 0.29) is 30.4 Å². The fraction of sp³-hybridized carbons (Fsp3) is 0.550. The number of ether oxygens (including phenoxy) is 1. The van der Waals surface area contributed by atoms with Crippen LogP contribution in [0.5, 0.6) is 0 Å². The highest BCUT2D eigenvalue weighted by Gasteiger charge is 2.34. The highest BCUT2D eigenvalue weighted by Crippen LogP contribution is 2.22. The van der Waals surface area contributed by atoms with Crippen LogP contribution in [0.3, 0.4) is 0 Å². The number of anilines is 1. The lowest BCUT2D eigenvalue weighted by atomic mass is 9.98. The van der Waals surface area contributed by atoms with E-state index in [4.69, 9.17) is 4.74 Å². The van der Waals surface area contributed by atoms with Crippen LogP contribution in [0.25, 0.3) is 0 Å². The maximum absolute atomic E-state index is 12.7. The lowest BCUT2D eigenvalue weighted by Crippen LogP contribution is -2.47. The van der Waals surface area contributed by atoms with Gasteiger partial charge in [0.25, 0.3) is 0 Å². The number of carbonyl (C=O) groups excluding carboxylic acids is 3. The fourth-order valence-electron chi connectivity index (χ4n) is 3.61. The van der Waals surface area contributed by atoms with Gasteiger partial charge in [-0.05, 0) is 38.8 Å². The largest absolute Gasteiger partial charge is 0.466 e. The third-order valence-electron chi connectivity index (χ3n) is 5.16. The average molecular weight is 373 g/mol. The van der Waals surface area contributed by atoms with E-state index < -0.39 is 0 Å². The van der Waals surface area contributed by atoms with Gasteiger partial charge in [0.1, 0.15) is 6.54 Å². The summed E-state index contributed by atoms with van der Waals surface area (Å²) in [7, 11) is 0. The molecule has 2 aliphatic rings. The van der Waals surface area contributed by atoms with E-state index in [0.717, 1.165) is 24.1 Å². The summed E-state index contributed by atoms with van der Waals surface area (Å²) in [6.45, 7) is 6.27. The first-order chi connectivity index (χ1) is 13.0. The molecule has 1 unspecified atom stereocenters. The summed E-state index contributed by atoms with van der Waals surface area (Å²) in [5.74, 6) is -0.609. The monoisotopic (exact) mass is 373 g/mol. The molecule has 1 atom stereocenters. The molecule has 0 bridgehead atoms. The van der Waals surface area contributed by atoms with Crippen LogP contribution >= 0.6 is 0 Å². The van der Waals surface area contributed by atoms with Crippen molar-refractivity contribution in [2.75, 3.05) is 44.2 Å². The van der Waals surface area contributed by atoms with Gasteiger partial charge in [-0.25, -0.2) is 4.79 Å². The van der Waals surface area contributed by atoms with Crippen molar-refractivity contribution in [3.8, 4) is 0 Å². The van der Waals surface area contributed by atoms with Crippen LogP contribution in [0, 0.1) is 12.8 Å². The van der Waals surface area contributed by atoms with Crippen molar-refractivity contribution >= 4 is 23.6 Å². The second-order valence-corrected chi connectivity index (χ2v) is 7.12. The third-order valence-corrected chi connectivity index (χ3v) is 5.16. The zero-order chi connectivity index (χ0) is 19.4. The molecule has 2 fully saturated rings. The molecule has 2 saturated heterocycles. The van der Waals surface area contributed by atoms with E-state index in [9.17, 15) is 14.4 Å². The van der Waals surface area contributed by atoms with Crippen LogP contribution in [0.4, 0.5) is 10.5 Å². The highest BCUT2D eigenvalue weighted by atomic mass is 16.5. The Hall–Kier alpha value is -2.57. The van der Waals surface area contributed by atoms with E-state index in [0.29, 0.717) is 32.8 Å². The van der Waals surface area contributed by atoms with Crippen molar-refractivity contribution in [2.24, 2.45) is 5.92 Å². The van der Waals surface area contributed by atoms with E-state index >= 15 is 0 Å². The Labute approximate surface area is 159 Å². The standard InChI is InChI=1S/C20H27N3O4/c1-3-27-19(25)16-5-4-10-21(13-16)18(24)14-22-11-12-23(20(22)26)17-8-6-15(2)7-9-17/h6-9,16H,3-5,10-14H2,1-2H3. The molecule has 1 aromatic rings. The number of likely N-dealkylation sites (tertiary alicyclic amines) is 1. The summed E-state index contributed by atoms with van der Waals surface area (Å²) in [5, 5.41) is 0. The van der Waals surface area contributed by atoms with Crippen molar-refractivity contribution in [1.29, 1.82) is 0 Å². The molecule has 0 spiro atoms. The summed E-state index contributed by atoms with van der Waals surface area (Å²) in [5.41, 5.74) is 1.99. The number of hydrogen-bond donors (Lipinski definition) is 0. The van der Waals surface area contributed by atoms with Crippen molar-refractivity contribution < 1.29 is 19.1 Å². The second kappa shape index (κ2) is 8.41. The molecule has 0 radical (unpaired) electrons. The maximum Gasteiger partial charge on any atom is 0.325 e. The first-order valence-electron chi connectivity index (χ1n) is 9.57. The maximum atomic E-state index is 12.7. The van der Waals surface area contributed by atoms with Crippen LogP contribution < -0.4 is 4.90 Å². The number of benzene rings is 1. The number of carbonyl (C=O) groups is 3. The smallest absolute Gasteiger partial charge is 0.325 e. The zero-order valence-corrected chi connectivity index (χ0v) is 16.0. The van der Waals surface area contributed by atoms with E-state index in [2.05, 4.69) is 0 Å². The molecule has 146 valence electrons. The Bertz CT molecular complexity index is 704. The Morgan fingerprint density at radius 1 is 1.15 bits per heavy atom. The lowest BCUT2D eigenvalue weighted by molar-refractivity contribution is -0.151. The predicted octanol–water partition coefficient (Wildman–Crippen LogP) is 2.04. The van der Waals surface area contributed by atoms with Crippen molar-refractivity contribution in [2.45, 2.75) is 26.7 Å². The van der Waals surface area contributed by atoms with Gasteiger partial charge >= 0.3 is 12.0 Å². The number of urea groups is 1. The van der Waals surface area contributed by atoms with Gasteiger partial charge in [0.2, 0.25) is 5.91 Å². The molecule has 2 aliphatic heterocycles. The number of rotatable bonds is 5. The van der Waals surface area contributed by atoms with Crippen molar-refractivity contribution in [3.05, 3.63) is 29.8 Å². The minimum atomic E-state index is -0.263. The molecule has 7 nitrogen and oxygen atoms in total. The number of amides is 3. The number of piperidine rings is 1. The molecule has 7 heteroatoms. The molecular weight excluding hydrogens is 346 g/mol. The molecule has 0 aromatic heterocycles. The molecule has 0 N–H and O–H groups in total. The number of hydrogen-bond acceptors (Lipinski definition) is 4. The Kier molecular flexibility index (Phi) is 5.98. The lowest BCUT2D eigenvalue weighted by Gasteiger charge is -2.32. The normalized spacial score (nSPS) is 20.1. The predicted molar refractivity (Wildman–Crippen MR) is 101 cm³/mol. The Morgan fingerprint density at radius 2 is 1.89 bits per heavy atom. The van der Waals surface area contributed by atoms with E-state index in [1.807, 2.05) is 31.2 Å². The van der Waals surface area contributed by atoms with Gasteiger partial charge in [0, 0.05) is 31.9 Å². The minimum Gasteiger partial charge on any atom is -0.466 e. The first kappa shape index (κ1) is 19.2. The topological polar surface area (TPSA) is 70.2 Å². The van der Waals surface area contributed by atoms with Gasteiger partial charge in [0.05, 0.1) is 12.5 Å². The van der Waals surface area contributed by atoms with Crippen LogP contribution in [-0.4, -0.2) is 67.0 Å². The molecule has 27 heavy (non-hydrogen) atoms. The summed E-state index contributed by atoms with van der Waals surface area (Å²) >= 11 is 0. The molecule has 3 amide bonds. The number of esters is 1. The van der Waals surface area contributed by atoms with Crippen LogP contribution in [0.15, 0.2) is 24.3 Å². The average Bonchev–Trinajstić information content (AvgIpc) is 3.03. The Balaban J connectivity index is 1.57. The SMILES string of the molecule is CCOC(=O)C1CCCN(C(=O)CN2CCN(c3ccc(C)cc3)C2=O)C1. The molecule has 1 aromatic carbocycles. The van der Waals surface area contributed by atoms with Gasteiger partial charge in [0.15, 0.2) is 0 Å². The molecule has 0 aliphatic carbocycles. The molecule has 0 saturated carbocycles. The van der Waals surface area contributed by atoms with Gasteiger partial charge in [-0.3, -0.25) is 14.5 Å². The summed E-state index contributed by atoms with van der Waals surface area (Å²) < 4.78 is 5.08. The fourth-order valence-corrected chi connectivity index (χ4v) is 3.61. The van der Waals surface area contributed by atoms with Gasteiger partial charge in [-0.15, -0.1) is 0 Å². The van der Waals surface area contributed by atoms with E-state index in [1.165, 1.54) is 0 Å². The van der Waals surface area contributed by atoms with E-state index in [1.54, 1.807) is 21.6 Å². The second-order valence-electron chi connectivity index (χ2n) is 7.12. The van der Waals surface area contributed by atoms with Gasteiger partial charge in [-0.2, -0.15) is 0 Å². The minimum absolute atomic E-state index is 0.0523. The van der Waals surface area contributed by atoms with Crippen LogP contribution in [0.1, 0.15) is 25.3 Å². The summed E-state index contributed by atoms with van der Waals surface area (Å²) in [6, 6.07) is 7.64. The third kappa shape index (κ3) is 4.40. The molecule has 3 rings (SSSR count). The quantitative estimate of drug-likeness (QED) is 0.741. The molecule has 2 heterocycles. The van der Waals surface area contributed by atoms with Crippen LogP contribution in [0.2, 0.25) is 0 Å². The number of nitrogens with zero attached hydrogens (tertiary/aromatic N) is 3. The van der Waals surface area contributed by atoms with Crippen molar-refractivity contribution in [3.63, 3.8) is 0 Å². The zero-order valence-electron chi connectivity index (χ0n) is 16.0. The molecular formula is C20H27N3O4. The number of aryl methyl sites for hydroxylation is 1. The first-order valence-corrected chi connectivity index (χ1v) is 9.57. The highest BCUT2D eigenvalue weighted by molar-refractivity contribution is 5.96. The summed E-state index contributed by atoms with van der Waals surface area (Å²) in [4.78, 5) is 42.3. The summed E-state index contributed by atoms with van der Waals surface area (Å²) in [6.07, 6.45) is 1.52.